The number of amides is 2. The van der Waals surface area contributed by atoms with Crippen molar-refractivity contribution in [2.24, 2.45) is 0 Å². The fourth-order valence-electron chi connectivity index (χ4n) is 2.93. The summed E-state index contributed by atoms with van der Waals surface area (Å²) in [4.78, 5) is 39.2. The zero-order valence-corrected chi connectivity index (χ0v) is 18.2. The fraction of sp³-hybridized carbons (Fsp3) is 0.381. The molecule has 3 N–H and O–H groups in total. The molecule has 0 spiro atoms. The third-order valence-corrected chi connectivity index (χ3v) is 4.64. The molecule has 0 aliphatic rings. The first kappa shape index (κ1) is 23.3. The maximum Gasteiger partial charge on any atom is 0.340 e. The predicted molar refractivity (Wildman–Crippen MR) is 113 cm³/mol. The van der Waals surface area contributed by atoms with Gasteiger partial charge in [0.1, 0.15) is 11.4 Å². The van der Waals surface area contributed by atoms with Gasteiger partial charge in [-0.15, -0.1) is 0 Å². The second-order valence-corrected chi connectivity index (χ2v) is 7.15. The quantitative estimate of drug-likeness (QED) is 0.334. The number of rotatable bonds is 8. The number of carbonyl (C=O) groups excluding carboxylic acids is 3. The number of aryl methyl sites for hydroxylation is 2. The summed E-state index contributed by atoms with van der Waals surface area (Å²) in [6, 6.07) is 5.32. The fourth-order valence-corrected chi connectivity index (χ4v) is 3.15. The van der Waals surface area contributed by atoms with E-state index in [-0.39, 0.29) is 24.6 Å². The standard InChI is InChI=1S/C21H26ClN3O5/c1-5-29-21(28)18-13(3)19(23-14(18)4)20(27)25-24-17(26)7-6-10-30-16-9-8-15(22)11-12(16)2/h8-9,11,23H,5-7,10H2,1-4H3,(H,24,26)(H,25,27). The van der Waals surface area contributed by atoms with Gasteiger partial charge in [0.05, 0.1) is 18.8 Å². The van der Waals surface area contributed by atoms with Gasteiger partial charge in [0.25, 0.3) is 5.91 Å². The number of hydrogen-bond donors (Lipinski definition) is 3. The lowest BCUT2D eigenvalue weighted by Crippen LogP contribution is -2.42. The first-order valence-electron chi connectivity index (χ1n) is 9.59. The van der Waals surface area contributed by atoms with E-state index in [1.807, 2.05) is 6.92 Å². The van der Waals surface area contributed by atoms with E-state index < -0.39 is 11.9 Å². The predicted octanol–water partition coefficient (Wildman–Crippen LogP) is 3.39. The summed E-state index contributed by atoms with van der Waals surface area (Å²) in [5.41, 5.74) is 7.13. The van der Waals surface area contributed by atoms with Crippen LogP contribution >= 0.6 is 11.6 Å². The van der Waals surface area contributed by atoms with Gasteiger partial charge in [0.2, 0.25) is 5.91 Å². The number of ether oxygens (including phenoxy) is 2. The van der Waals surface area contributed by atoms with Crippen molar-refractivity contribution < 1.29 is 23.9 Å². The maximum absolute atomic E-state index is 12.4. The van der Waals surface area contributed by atoms with Crippen LogP contribution in [0.3, 0.4) is 0 Å². The van der Waals surface area contributed by atoms with Gasteiger partial charge in [-0.1, -0.05) is 11.6 Å². The normalized spacial score (nSPS) is 10.4. The maximum atomic E-state index is 12.4. The van der Waals surface area contributed by atoms with Crippen LogP contribution in [-0.2, 0) is 9.53 Å². The van der Waals surface area contributed by atoms with Gasteiger partial charge < -0.3 is 14.5 Å². The Morgan fingerprint density at radius 2 is 1.87 bits per heavy atom. The van der Waals surface area contributed by atoms with Crippen LogP contribution in [0.4, 0.5) is 0 Å². The topological polar surface area (TPSA) is 110 Å². The summed E-state index contributed by atoms with van der Waals surface area (Å²) in [6.07, 6.45) is 0.640. The molecule has 0 aliphatic carbocycles. The first-order chi connectivity index (χ1) is 14.2. The number of benzene rings is 1. The largest absolute Gasteiger partial charge is 0.493 e. The number of H-pyrrole nitrogens is 1. The van der Waals surface area contributed by atoms with Crippen molar-refractivity contribution >= 4 is 29.4 Å². The van der Waals surface area contributed by atoms with Crippen molar-refractivity contribution in [2.75, 3.05) is 13.2 Å². The van der Waals surface area contributed by atoms with Gasteiger partial charge in [-0.25, -0.2) is 4.79 Å². The molecule has 1 aromatic heterocycles. The number of hydrazine groups is 1. The minimum Gasteiger partial charge on any atom is -0.493 e. The van der Waals surface area contributed by atoms with E-state index in [9.17, 15) is 14.4 Å². The Hall–Kier alpha value is -3.00. The molecule has 1 heterocycles. The molecule has 0 unspecified atom stereocenters. The lowest BCUT2D eigenvalue weighted by molar-refractivity contribution is -0.122. The minimum atomic E-state index is -0.549. The lowest BCUT2D eigenvalue weighted by Gasteiger charge is -2.10. The molecule has 1 aromatic carbocycles. The van der Waals surface area contributed by atoms with Crippen LogP contribution in [0.2, 0.25) is 5.02 Å². The van der Waals surface area contributed by atoms with Crippen LogP contribution in [0.1, 0.15) is 57.4 Å². The molecule has 9 heteroatoms. The summed E-state index contributed by atoms with van der Waals surface area (Å²) in [5, 5.41) is 0.636. The SMILES string of the molecule is CCOC(=O)c1c(C)[nH]c(C(=O)NNC(=O)CCCOc2ccc(Cl)cc2C)c1C. The Morgan fingerprint density at radius 3 is 2.53 bits per heavy atom. The van der Waals surface area contributed by atoms with Crippen LogP contribution in [0, 0.1) is 20.8 Å². The molecule has 2 aromatic rings. The molecule has 2 rings (SSSR count). The Bertz CT molecular complexity index is 939. The summed E-state index contributed by atoms with van der Waals surface area (Å²) in [6.45, 7) is 7.50. The van der Waals surface area contributed by atoms with Gasteiger partial charge in [-0.2, -0.15) is 0 Å². The number of nitrogens with one attached hydrogen (secondary N) is 3. The van der Waals surface area contributed by atoms with Gasteiger partial charge in [-0.3, -0.25) is 20.4 Å². The molecule has 0 atom stereocenters. The molecule has 0 saturated heterocycles. The van der Waals surface area contributed by atoms with E-state index in [0.29, 0.717) is 40.6 Å². The Balaban J connectivity index is 1.80. The van der Waals surface area contributed by atoms with Crippen molar-refractivity contribution in [1.82, 2.24) is 15.8 Å². The Kier molecular flexibility index (Phi) is 8.29. The minimum absolute atomic E-state index is 0.170. The highest BCUT2D eigenvalue weighted by Gasteiger charge is 2.23. The van der Waals surface area contributed by atoms with Gasteiger partial charge in [0.15, 0.2) is 0 Å². The number of aromatic amines is 1. The number of esters is 1. The summed E-state index contributed by atoms with van der Waals surface area (Å²) in [5.74, 6) is -0.690. The highest BCUT2D eigenvalue weighted by Crippen LogP contribution is 2.22. The van der Waals surface area contributed by atoms with Crippen LogP contribution in [0.15, 0.2) is 18.2 Å². The van der Waals surface area contributed by atoms with E-state index in [2.05, 4.69) is 15.8 Å². The third kappa shape index (κ3) is 6.00. The summed E-state index contributed by atoms with van der Waals surface area (Å²) >= 11 is 5.91. The molecule has 2 amide bonds. The number of carbonyl (C=O) groups is 3. The van der Waals surface area contributed by atoms with Gasteiger partial charge >= 0.3 is 5.97 Å². The summed E-state index contributed by atoms with van der Waals surface area (Å²) in [7, 11) is 0. The second kappa shape index (κ2) is 10.7. The van der Waals surface area contributed by atoms with E-state index >= 15 is 0 Å². The molecule has 0 fully saturated rings. The van der Waals surface area contributed by atoms with Crippen molar-refractivity contribution in [1.29, 1.82) is 0 Å². The van der Waals surface area contributed by atoms with Crippen LogP contribution in [-0.4, -0.2) is 36.0 Å². The molecular formula is C21H26ClN3O5. The van der Waals surface area contributed by atoms with Crippen molar-refractivity contribution in [3.05, 3.63) is 51.3 Å². The van der Waals surface area contributed by atoms with Gasteiger partial charge in [0, 0.05) is 17.1 Å². The molecule has 8 nitrogen and oxygen atoms in total. The van der Waals surface area contributed by atoms with E-state index in [0.717, 1.165) is 5.56 Å². The van der Waals surface area contributed by atoms with E-state index in [1.54, 1.807) is 39.0 Å². The van der Waals surface area contributed by atoms with E-state index in [1.165, 1.54) is 0 Å². The van der Waals surface area contributed by atoms with Crippen molar-refractivity contribution in [2.45, 2.75) is 40.5 Å². The molecule has 0 bridgehead atoms. The lowest BCUT2D eigenvalue weighted by atomic mass is 10.1. The zero-order chi connectivity index (χ0) is 22.3. The average molecular weight is 436 g/mol. The zero-order valence-electron chi connectivity index (χ0n) is 17.5. The van der Waals surface area contributed by atoms with Gasteiger partial charge in [-0.05, 0) is 63.4 Å². The first-order valence-corrected chi connectivity index (χ1v) is 9.96. The molecule has 162 valence electrons. The Morgan fingerprint density at radius 1 is 1.13 bits per heavy atom. The van der Waals surface area contributed by atoms with Crippen molar-refractivity contribution in [3.8, 4) is 5.75 Å². The molecule has 0 radical (unpaired) electrons. The highest BCUT2D eigenvalue weighted by molar-refractivity contribution is 6.30. The smallest absolute Gasteiger partial charge is 0.340 e. The number of hydrogen-bond acceptors (Lipinski definition) is 5. The number of aromatic nitrogens is 1. The third-order valence-electron chi connectivity index (χ3n) is 4.40. The average Bonchev–Trinajstić information content (AvgIpc) is 2.99. The van der Waals surface area contributed by atoms with Crippen LogP contribution < -0.4 is 15.6 Å². The second-order valence-electron chi connectivity index (χ2n) is 6.71. The monoisotopic (exact) mass is 435 g/mol. The molecule has 0 aliphatic heterocycles. The molecule has 30 heavy (non-hydrogen) atoms. The summed E-state index contributed by atoms with van der Waals surface area (Å²) < 4.78 is 10.6. The molecule has 0 saturated carbocycles. The number of halogens is 1. The molecular weight excluding hydrogens is 410 g/mol. The Labute approximate surface area is 180 Å². The van der Waals surface area contributed by atoms with E-state index in [4.69, 9.17) is 21.1 Å². The highest BCUT2D eigenvalue weighted by atomic mass is 35.5. The van der Waals surface area contributed by atoms with Crippen molar-refractivity contribution in [3.63, 3.8) is 0 Å². The van der Waals surface area contributed by atoms with Crippen LogP contribution in [0.25, 0.3) is 0 Å². The van der Waals surface area contributed by atoms with Crippen LogP contribution in [0.5, 0.6) is 5.75 Å².